The molecule has 0 bridgehead atoms. The first-order chi connectivity index (χ1) is 17.7. The highest BCUT2D eigenvalue weighted by Gasteiger charge is 2.45. The van der Waals surface area contributed by atoms with Gasteiger partial charge in [-0.1, -0.05) is 33.8 Å². The fourth-order valence-corrected chi connectivity index (χ4v) is 5.65. The quantitative estimate of drug-likeness (QED) is 0.211. The van der Waals surface area contributed by atoms with Crippen molar-refractivity contribution in [3.63, 3.8) is 0 Å². The molecule has 8 nitrogen and oxygen atoms in total. The number of hydrogen-bond acceptors (Lipinski definition) is 8. The summed E-state index contributed by atoms with van der Waals surface area (Å²) in [5, 5.41) is 31.4. The molecule has 2 aliphatic rings. The molecule has 0 aromatic heterocycles. The Kier molecular flexibility index (Phi) is 12.7. The molecule has 0 saturated carbocycles. The molecule has 0 spiro atoms. The van der Waals surface area contributed by atoms with Gasteiger partial charge in [0.2, 0.25) is 0 Å². The van der Waals surface area contributed by atoms with Crippen molar-refractivity contribution >= 4 is 11.9 Å². The summed E-state index contributed by atoms with van der Waals surface area (Å²) in [5.41, 5.74) is -0.344. The van der Waals surface area contributed by atoms with Gasteiger partial charge in [0.05, 0.1) is 36.4 Å². The van der Waals surface area contributed by atoms with E-state index < -0.39 is 35.9 Å². The van der Waals surface area contributed by atoms with Crippen LogP contribution in [-0.2, 0) is 23.8 Å². The number of carbonyl (C=O) groups excluding carboxylic acids is 2. The summed E-state index contributed by atoms with van der Waals surface area (Å²) in [4.78, 5) is 24.3. The fourth-order valence-electron chi connectivity index (χ4n) is 5.65. The van der Waals surface area contributed by atoms with Crippen LogP contribution in [0.15, 0.2) is 11.6 Å². The van der Waals surface area contributed by atoms with Crippen molar-refractivity contribution in [2.75, 3.05) is 0 Å². The molecule has 8 heteroatoms. The standard InChI is InChI=1S/C30H52O8/c1-8-24(33)21(5)29-25(37-29)16-18(2)10-9-11-19(3)28-20(4)12-13-26(36-22(6)31)30(7,35)15-14-23(32)17-27(34)38-28/h11,18,20-21,23-26,28-29,32-33,35H,8-10,12-17H2,1-7H3. The lowest BCUT2D eigenvalue weighted by atomic mass is 9.84. The Labute approximate surface area is 229 Å². The third-order valence-corrected chi connectivity index (χ3v) is 8.42. The predicted octanol–water partition coefficient (Wildman–Crippen LogP) is 4.47. The number of cyclic esters (lactones) is 1. The smallest absolute Gasteiger partial charge is 0.309 e. The number of epoxide rings is 1. The first kappa shape index (κ1) is 32.7. The van der Waals surface area contributed by atoms with Crippen LogP contribution in [0.25, 0.3) is 0 Å². The second-order valence-electron chi connectivity index (χ2n) is 12.2. The molecule has 10 unspecified atom stereocenters. The zero-order valence-corrected chi connectivity index (χ0v) is 24.5. The summed E-state index contributed by atoms with van der Waals surface area (Å²) < 4.78 is 17.2. The molecule has 0 aromatic rings. The molecule has 2 fully saturated rings. The summed E-state index contributed by atoms with van der Waals surface area (Å²) >= 11 is 0. The average Bonchev–Trinajstić information content (AvgIpc) is 3.60. The van der Waals surface area contributed by atoms with Crippen LogP contribution in [0.5, 0.6) is 0 Å². The number of ether oxygens (including phenoxy) is 3. The average molecular weight is 541 g/mol. The van der Waals surface area contributed by atoms with Gasteiger partial charge >= 0.3 is 11.9 Å². The van der Waals surface area contributed by atoms with Crippen molar-refractivity contribution in [2.45, 2.75) is 148 Å². The van der Waals surface area contributed by atoms with Crippen molar-refractivity contribution in [2.24, 2.45) is 17.8 Å². The summed E-state index contributed by atoms with van der Waals surface area (Å²) in [6.07, 6.45) is 4.86. The Balaban J connectivity index is 2.00. The van der Waals surface area contributed by atoms with Crippen LogP contribution in [0, 0.1) is 17.8 Å². The van der Waals surface area contributed by atoms with Crippen LogP contribution in [0.3, 0.4) is 0 Å². The Morgan fingerprint density at radius 2 is 1.92 bits per heavy atom. The highest BCUT2D eigenvalue weighted by molar-refractivity contribution is 5.70. The molecule has 0 amide bonds. The Morgan fingerprint density at radius 3 is 2.55 bits per heavy atom. The molecule has 2 aliphatic heterocycles. The number of allylic oxidation sites excluding steroid dienone is 1. The van der Waals surface area contributed by atoms with Crippen LogP contribution in [-0.4, -0.2) is 69.5 Å². The third kappa shape index (κ3) is 10.2. The SMILES string of the molecule is CCC(O)C(C)C1OC1CC(C)CCC=C(C)C1OC(=O)CC(O)CCC(C)(O)C(OC(C)=O)CCC1C. The Morgan fingerprint density at radius 1 is 1.24 bits per heavy atom. The van der Waals surface area contributed by atoms with Gasteiger partial charge in [-0.05, 0) is 82.6 Å². The van der Waals surface area contributed by atoms with E-state index in [-0.39, 0.29) is 49.4 Å². The second-order valence-corrected chi connectivity index (χ2v) is 12.2. The second kappa shape index (κ2) is 14.8. The lowest BCUT2D eigenvalue weighted by Crippen LogP contribution is -2.44. The summed E-state index contributed by atoms with van der Waals surface area (Å²) in [7, 11) is 0. The summed E-state index contributed by atoms with van der Waals surface area (Å²) in [5.74, 6) is -0.363. The molecule has 0 radical (unpaired) electrons. The fraction of sp³-hybridized carbons (Fsp3) is 0.867. The highest BCUT2D eigenvalue weighted by atomic mass is 16.6. The zero-order valence-electron chi connectivity index (χ0n) is 24.5. The first-order valence-corrected chi connectivity index (χ1v) is 14.5. The van der Waals surface area contributed by atoms with E-state index in [2.05, 4.69) is 19.9 Å². The number of carbonyl (C=O) groups is 2. The number of hydrogen-bond donors (Lipinski definition) is 3. The van der Waals surface area contributed by atoms with E-state index in [1.807, 2.05) is 20.8 Å². The zero-order chi connectivity index (χ0) is 28.6. The molecule has 0 aromatic carbocycles. The maximum absolute atomic E-state index is 12.6. The molecule has 0 aliphatic carbocycles. The van der Waals surface area contributed by atoms with E-state index in [1.54, 1.807) is 6.92 Å². The van der Waals surface area contributed by atoms with Gasteiger partial charge in [0.25, 0.3) is 0 Å². The lowest BCUT2D eigenvalue weighted by molar-refractivity contribution is -0.165. The van der Waals surface area contributed by atoms with Gasteiger partial charge in [-0.15, -0.1) is 0 Å². The molecule has 220 valence electrons. The van der Waals surface area contributed by atoms with Crippen molar-refractivity contribution < 1.29 is 39.1 Å². The van der Waals surface area contributed by atoms with Crippen molar-refractivity contribution in [3.05, 3.63) is 11.6 Å². The maximum atomic E-state index is 12.6. The Bertz CT molecular complexity index is 793. The molecular formula is C30H52O8. The van der Waals surface area contributed by atoms with Crippen LogP contribution >= 0.6 is 0 Å². The Hall–Kier alpha value is -1.48. The number of aliphatic hydroxyl groups excluding tert-OH is 2. The minimum Gasteiger partial charge on any atom is -0.460 e. The summed E-state index contributed by atoms with van der Waals surface area (Å²) in [6.45, 7) is 13.2. The molecule has 3 N–H and O–H groups in total. The van der Waals surface area contributed by atoms with Crippen molar-refractivity contribution in [1.82, 2.24) is 0 Å². The van der Waals surface area contributed by atoms with Crippen LogP contribution in [0.4, 0.5) is 0 Å². The van der Waals surface area contributed by atoms with E-state index in [1.165, 1.54) is 6.92 Å². The minimum absolute atomic E-state index is 0.0647. The molecule has 2 saturated heterocycles. The number of esters is 2. The van der Waals surface area contributed by atoms with E-state index in [0.29, 0.717) is 18.8 Å². The van der Waals surface area contributed by atoms with Crippen molar-refractivity contribution in [3.8, 4) is 0 Å². The number of rotatable bonds is 10. The predicted molar refractivity (Wildman–Crippen MR) is 145 cm³/mol. The molecule has 10 atom stereocenters. The molecule has 2 rings (SSSR count). The van der Waals surface area contributed by atoms with Gasteiger partial charge in [-0.25, -0.2) is 0 Å². The molecule has 2 heterocycles. The lowest BCUT2D eigenvalue weighted by Gasteiger charge is -2.35. The van der Waals surface area contributed by atoms with Crippen LogP contribution in [0.2, 0.25) is 0 Å². The van der Waals surface area contributed by atoms with E-state index in [9.17, 15) is 24.9 Å². The topological polar surface area (TPSA) is 126 Å². The van der Waals surface area contributed by atoms with Gasteiger partial charge in [0.15, 0.2) is 0 Å². The van der Waals surface area contributed by atoms with Crippen LogP contribution in [0.1, 0.15) is 106 Å². The van der Waals surface area contributed by atoms with Gasteiger partial charge in [0, 0.05) is 12.8 Å². The van der Waals surface area contributed by atoms with Gasteiger partial charge < -0.3 is 29.5 Å². The van der Waals surface area contributed by atoms with Crippen LogP contribution < -0.4 is 0 Å². The minimum atomic E-state index is -1.30. The largest absolute Gasteiger partial charge is 0.460 e. The van der Waals surface area contributed by atoms with Gasteiger partial charge in [-0.3, -0.25) is 9.59 Å². The summed E-state index contributed by atoms with van der Waals surface area (Å²) in [6, 6.07) is 0. The normalized spacial score (nSPS) is 35.7. The third-order valence-electron chi connectivity index (χ3n) is 8.42. The van der Waals surface area contributed by atoms with Gasteiger partial charge in [0.1, 0.15) is 12.2 Å². The van der Waals surface area contributed by atoms with Gasteiger partial charge in [-0.2, -0.15) is 0 Å². The monoisotopic (exact) mass is 540 g/mol. The number of aliphatic hydroxyl groups is 3. The van der Waals surface area contributed by atoms with E-state index in [0.717, 1.165) is 31.3 Å². The maximum Gasteiger partial charge on any atom is 0.309 e. The molecule has 38 heavy (non-hydrogen) atoms. The van der Waals surface area contributed by atoms with Crippen molar-refractivity contribution in [1.29, 1.82) is 0 Å². The highest BCUT2D eigenvalue weighted by Crippen LogP contribution is 2.37. The molecular weight excluding hydrogens is 488 g/mol. The first-order valence-electron chi connectivity index (χ1n) is 14.5. The van der Waals surface area contributed by atoms with E-state index >= 15 is 0 Å². The van der Waals surface area contributed by atoms with E-state index in [4.69, 9.17) is 14.2 Å².